The Bertz CT molecular complexity index is 118. The molecule has 1 N–H and O–H groups in total. The molecule has 0 aliphatic carbocycles. The fourth-order valence-electron chi connectivity index (χ4n) is 0.795. The zero-order chi connectivity index (χ0) is 6.69. The molecular weight excluding hydrogens is 136 g/mol. The molecule has 1 amide bonds. The van der Waals surface area contributed by atoms with E-state index < -0.39 is 0 Å². The van der Waals surface area contributed by atoms with E-state index in [9.17, 15) is 4.79 Å². The lowest BCUT2D eigenvalue weighted by Crippen LogP contribution is -2.47. The number of nitrogens with zero attached hydrogens (tertiary/aromatic N) is 1. The van der Waals surface area contributed by atoms with Crippen LogP contribution in [-0.4, -0.2) is 36.3 Å². The van der Waals surface area contributed by atoms with Crippen LogP contribution in [0, 0.1) is 0 Å². The highest BCUT2D eigenvalue weighted by Crippen LogP contribution is 1.94. The highest BCUT2D eigenvalue weighted by Gasteiger charge is 2.14. The number of hydrogen-bond donors (Lipinski definition) is 2. The fraction of sp³-hybridized carbons (Fsp3) is 0.800. The molecule has 0 radical (unpaired) electrons. The summed E-state index contributed by atoms with van der Waals surface area (Å²) in [5.74, 6) is 0.691. The highest BCUT2D eigenvalue weighted by molar-refractivity contribution is 7.80. The molecule has 0 spiro atoms. The Morgan fingerprint density at radius 2 is 2.56 bits per heavy atom. The Morgan fingerprint density at radius 3 is 3.00 bits per heavy atom. The van der Waals surface area contributed by atoms with Crippen molar-refractivity contribution in [3.8, 4) is 0 Å². The van der Waals surface area contributed by atoms with E-state index in [-0.39, 0.29) is 5.91 Å². The minimum atomic E-state index is 0.149. The smallest absolute Gasteiger partial charge is 0.237 e. The molecule has 4 heteroatoms. The zero-order valence-corrected chi connectivity index (χ0v) is 6.03. The van der Waals surface area contributed by atoms with E-state index in [1.54, 1.807) is 4.90 Å². The van der Waals surface area contributed by atoms with Crippen LogP contribution < -0.4 is 5.32 Å². The van der Waals surface area contributed by atoms with Gasteiger partial charge in [-0.1, -0.05) is 0 Å². The van der Waals surface area contributed by atoms with Gasteiger partial charge in [0, 0.05) is 13.1 Å². The summed E-state index contributed by atoms with van der Waals surface area (Å²) >= 11 is 4.00. The molecule has 0 aromatic heterocycles. The van der Waals surface area contributed by atoms with Crippen molar-refractivity contribution >= 4 is 18.5 Å². The maximum absolute atomic E-state index is 10.8. The lowest BCUT2D eigenvalue weighted by molar-refractivity contribution is -0.130. The second kappa shape index (κ2) is 3.08. The van der Waals surface area contributed by atoms with E-state index in [4.69, 9.17) is 0 Å². The number of amides is 1. The molecule has 0 saturated carbocycles. The Labute approximate surface area is 59.8 Å². The van der Waals surface area contributed by atoms with Gasteiger partial charge in [-0.05, 0) is 0 Å². The van der Waals surface area contributed by atoms with E-state index >= 15 is 0 Å². The van der Waals surface area contributed by atoms with Crippen molar-refractivity contribution in [2.75, 3.05) is 25.5 Å². The second-order valence-corrected chi connectivity index (χ2v) is 2.26. The minimum absolute atomic E-state index is 0.149. The van der Waals surface area contributed by atoms with Gasteiger partial charge in [0.2, 0.25) is 5.91 Å². The third-order valence-electron chi connectivity index (χ3n) is 1.36. The van der Waals surface area contributed by atoms with Crippen LogP contribution in [0.1, 0.15) is 0 Å². The van der Waals surface area contributed by atoms with Gasteiger partial charge in [0.25, 0.3) is 0 Å². The van der Waals surface area contributed by atoms with Crippen LogP contribution >= 0.6 is 12.6 Å². The lowest BCUT2D eigenvalue weighted by atomic mass is 10.4. The van der Waals surface area contributed by atoms with Gasteiger partial charge in [-0.15, -0.1) is 0 Å². The third kappa shape index (κ3) is 1.59. The summed E-state index contributed by atoms with van der Waals surface area (Å²) in [6.07, 6.45) is 0. The van der Waals surface area contributed by atoms with Gasteiger partial charge in [0.15, 0.2) is 0 Å². The molecule has 0 atom stereocenters. The normalized spacial score (nSPS) is 20.6. The van der Waals surface area contributed by atoms with Crippen LogP contribution in [0.15, 0.2) is 0 Å². The standard InChI is InChI=1S/C5H10N2OS/c8-5-3-6-1-2-7(5)4-9/h6,9H,1-4H2. The first-order chi connectivity index (χ1) is 4.34. The lowest BCUT2D eigenvalue weighted by Gasteiger charge is -2.25. The maximum atomic E-state index is 10.8. The fourth-order valence-corrected chi connectivity index (χ4v) is 1.09. The molecule has 1 rings (SSSR count). The van der Waals surface area contributed by atoms with Gasteiger partial charge < -0.3 is 10.2 Å². The van der Waals surface area contributed by atoms with E-state index in [0.29, 0.717) is 12.4 Å². The van der Waals surface area contributed by atoms with Gasteiger partial charge in [0.1, 0.15) is 0 Å². The van der Waals surface area contributed by atoms with Crippen molar-refractivity contribution < 1.29 is 4.79 Å². The molecule has 1 saturated heterocycles. The van der Waals surface area contributed by atoms with Crippen LogP contribution in [0.25, 0.3) is 0 Å². The average molecular weight is 146 g/mol. The first-order valence-electron chi connectivity index (χ1n) is 2.94. The summed E-state index contributed by atoms with van der Waals surface area (Å²) in [7, 11) is 0. The SMILES string of the molecule is O=C1CNCCN1CS. The largest absolute Gasteiger partial charge is 0.331 e. The summed E-state index contributed by atoms with van der Waals surface area (Å²) in [5, 5.41) is 2.97. The molecule has 0 unspecified atom stereocenters. The molecule has 1 aliphatic heterocycles. The highest BCUT2D eigenvalue weighted by atomic mass is 32.1. The molecule has 0 bridgehead atoms. The minimum Gasteiger partial charge on any atom is -0.331 e. The Morgan fingerprint density at radius 1 is 1.78 bits per heavy atom. The van der Waals surface area contributed by atoms with Gasteiger partial charge in [-0.25, -0.2) is 0 Å². The zero-order valence-electron chi connectivity index (χ0n) is 5.13. The van der Waals surface area contributed by atoms with Crippen LogP contribution in [-0.2, 0) is 4.79 Å². The number of carbonyl (C=O) groups excluding carboxylic acids is 1. The monoisotopic (exact) mass is 146 g/mol. The maximum Gasteiger partial charge on any atom is 0.237 e. The summed E-state index contributed by atoms with van der Waals surface area (Å²) in [5.41, 5.74) is 0. The molecule has 0 aromatic carbocycles. The van der Waals surface area contributed by atoms with Crippen molar-refractivity contribution in [1.82, 2.24) is 10.2 Å². The molecule has 52 valence electrons. The molecule has 0 aromatic rings. The molecule has 3 nitrogen and oxygen atoms in total. The molecule has 1 aliphatic rings. The topological polar surface area (TPSA) is 32.3 Å². The van der Waals surface area contributed by atoms with Gasteiger partial charge in [-0.3, -0.25) is 4.79 Å². The van der Waals surface area contributed by atoms with E-state index in [0.717, 1.165) is 13.1 Å². The van der Waals surface area contributed by atoms with Gasteiger partial charge in [0.05, 0.1) is 12.4 Å². The number of thiol groups is 1. The predicted octanol–water partition coefficient (Wildman–Crippen LogP) is -0.695. The Hall–Kier alpha value is -0.220. The van der Waals surface area contributed by atoms with Crippen LogP contribution in [0.2, 0.25) is 0 Å². The number of carbonyl (C=O) groups is 1. The molecular formula is C5H10N2OS. The van der Waals surface area contributed by atoms with Crippen molar-refractivity contribution in [2.45, 2.75) is 0 Å². The third-order valence-corrected chi connectivity index (χ3v) is 1.70. The number of rotatable bonds is 1. The van der Waals surface area contributed by atoms with Crippen LogP contribution in [0.5, 0.6) is 0 Å². The van der Waals surface area contributed by atoms with Crippen molar-refractivity contribution in [3.63, 3.8) is 0 Å². The van der Waals surface area contributed by atoms with E-state index in [1.165, 1.54) is 0 Å². The number of piperazine rings is 1. The van der Waals surface area contributed by atoms with Crippen LogP contribution in [0.4, 0.5) is 0 Å². The van der Waals surface area contributed by atoms with E-state index in [1.807, 2.05) is 0 Å². The molecule has 1 fully saturated rings. The van der Waals surface area contributed by atoms with Gasteiger partial charge >= 0.3 is 0 Å². The number of hydrogen-bond acceptors (Lipinski definition) is 3. The quantitative estimate of drug-likeness (QED) is 0.480. The van der Waals surface area contributed by atoms with E-state index in [2.05, 4.69) is 17.9 Å². The second-order valence-electron chi connectivity index (χ2n) is 1.98. The van der Waals surface area contributed by atoms with Crippen molar-refractivity contribution in [2.24, 2.45) is 0 Å². The summed E-state index contributed by atoms with van der Waals surface area (Å²) < 4.78 is 0. The van der Waals surface area contributed by atoms with Crippen molar-refractivity contribution in [1.29, 1.82) is 0 Å². The summed E-state index contributed by atoms with van der Waals surface area (Å²) in [4.78, 5) is 12.6. The van der Waals surface area contributed by atoms with Crippen LogP contribution in [0.3, 0.4) is 0 Å². The average Bonchev–Trinajstić information content (AvgIpc) is 1.89. The first-order valence-corrected chi connectivity index (χ1v) is 3.57. The Balaban J connectivity index is 2.39. The summed E-state index contributed by atoms with van der Waals surface area (Å²) in [6.45, 7) is 2.16. The predicted molar refractivity (Wildman–Crippen MR) is 38.4 cm³/mol. The van der Waals surface area contributed by atoms with Gasteiger partial charge in [-0.2, -0.15) is 12.6 Å². The number of nitrogens with one attached hydrogen (secondary N) is 1. The molecule has 9 heavy (non-hydrogen) atoms. The first kappa shape index (κ1) is 6.89. The van der Waals surface area contributed by atoms with Crippen molar-refractivity contribution in [3.05, 3.63) is 0 Å². The Kier molecular flexibility index (Phi) is 2.36. The summed E-state index contributed by atoms with van der Waals surface area (Å²) in [6, 6.07) is 0. The molecule has 1 heterocycles.